The van der Waals surface area contributed by atoms with Gasteiger partial charge in [-0.2, -0.15) is 0 Å². The predicted molar refractivity (Wildman–Crippen MR) is 165 cm³/mol. The first-order chi connectivity index (χ1) is 18.8. The van der Waals surface area contributed by atoms with Crippen molar-refractivity contribution in [1.29, 1.82) is 0 Å². The average Bonchev–Trinajstić information content (AvgIpc) is 2.92. The minimum absolute atomic E-state index is 0.131. The van der Waals surface area contributed by atoms with E-state index >= 15 is 0 Å². The van der Waals surface area contributed by atoms with Gasteiger partial charge in [0.2, 0.25) is 0 Å². The van der Waals surface area contributed by atoms with Crippen LogP contribution in [0.1, 0.15) is 11.4 Å². The van der Waals surface area contributed by atoms with Crippen molar-refractivity contribution in [2.75, 3.05) is 43.6 Å². The van der Waals surface area contributed by atoms with Crippen molar-refractivity contribution in [1.82, 2.24) is 15.6 Å². The summed E-state index contributed by atoms with van der Waals surface area (Å²) in [5.41, 5.74) is 3.21. The van der Waals surface area contributed by atoms with Crippen molar-refractivity contribution in [3.63, 3.8) is 0 Å². The van der Waals surface area contributed by atoms with Crippen molar-refractivity contribution in [3.8, 4) is 0 Å². The van der Waals surface area contributed by atoms with E-state index in [9.17, 15) is 20.2 Å². The number of hydrogen-bond donors (Lipinski definition) is 2. The Morgan fingerprint density at radius 1 is 0.769 bits per heavy atom. The summed E-state index contributed by atoms with van der Waals surface area (Å²) >= 11 is 0. The Morgan fingerprint density at radius 2 is 1.21 bits per heavy atom. The van der Waals surface area contributed by atoms with Gasteiger partial charge in [-0.3, -0.25) is 25.2 Å². The van der Waals surface area contributed by atoms with E-state index in [1.54, 1.807) is 58.0 Å². The number of para-hydroxylation sites is 2. The first-order valence-electron chi connectivity index (χ1n) is 12.0. The highest BCUT2D eigenvalue weighted by Gasteiger charge is 2.14. The minimum Gasteiger partial charge on any atom is -0.378 e. The highest BCUT2D eigenvalue weighted by Crippen LogP contribution is 2.37. The number of nitro benzene ring substituents is 2. The summed E-state index contributed by atoms with van der Waals surface area (Å²) < 4.78 is 0. The topological polar surface area (TPSA) is 126 Å². The van der Waals surface area contributed by atoms with Gasteiger partial charge in [-0.25, -0.2) is 0 Å². The zero-order valence-corrected chi connectivity index (χ0v) is 24.8. The van der Waals surface area contributed by atoms with Crippen LogP contribution in [0, 0.1) is 20.2 Å². The second-order valence-corrected chi connectivity index (χ2v) is 13.2. The Morgan fingerprint density at radius 3 is 1.62 bits per heavy atom. The van der Waals surface area contributed by atoms with Gasteiger partial charge in [-0.05, 0) is 24.3 Å². The second-order valence-electron chi connectivity index (χ2n) is 8.32. The number of benzene rings is 2. The molecule has 2 aromatic carbocycles. The number of anilines is 1. The Hall–Kier alpha value is -2.49. The molecule has 2 N–H and O–H groups in total. The molecule has 0 aliphatic carbocycles. The zero-order chi connectivity index (χ0) is 28.0. The Bertz CT molecular complexity index is 1160. The van der Waals surface area contributed by atoms with E-state index < -0.39 is 0 Å². The molecule has 0 amide bonds. The number of hydrogen-bond acceptors (Lipinski definition) is 12. The molecular weight excluding hydrogens is 577 g/mol. The molecule has 0 unspecified atom stereocenters. The lowest BCUT2D eigenvalue weighted by Gasteiger charge is -2.16. The first-order valence-corrected chi connectivity index (χ1v) is 16.6. The summed E-state index contributed by atoms with van der Waals surface area (Å²) in [6, 6.07) is 17.7. The van der Waals surface area contributed by atoms with Crippen LogP contribution in [0.15, 0.2) is 70.5 Å². The van der Waals surface area contributed by atoms with Crippen LogP contribution in [0.4, 0.5) is 17.1 Å². The van der Waals surface area contributed by atoms with E-state index in [1.165, 1.54) is 33.7 Å². The number of nitrogens with zero attached hydrogens (tertiary/aromatic N) is 4. The fraction of sp³-hybridized carbons (Fsp3) is 0.320. The number of nitrogens with one attached hydrogen (secondary N) is 2. The Labute approximate surface area is 243 Å². The summed E-state index contributed by atoms with van der Waals surface area (Å²) in [5.74, 6) is 1.58. The van der Waals surface area contributed by atoms with Crippen molar-refractivity contribution < 1.29 is 9.85 Å². The lowest BCUT2D eigenvalue weighted by Crippen LogP contribution is -2.21. The average molecular weight is 607 g/mol. The van der Waals surface area contributed by atoms with Crippen LogP contribution < -0.4 is 15.5 Å². The smallest absolute Gasteiger partial charge is 0.283 e. The maximum Gasteiger partial charge on any atom is 0.283 e. The van der Waals surface area contributed by atoms with E-state index in [-0.39, 0.29) is 21.2 Å². The summed E-state index contributed by atoms with van der Waals surface area (Å²) in [5, 5.41) is 29.1. The summed E-state index contributed by atoms with van der Waals surface area (Å²) in [4.78, 5) is 29.7. The molecule has 3 aromatic rings. The fourth-order valence-corrected chi connectivity index (χ4v) is 7.51. The number of pyridine rings is 1. The molecule has 14 heteroatoms. The SMILES string of the molecule is CN(C)c1cc(CNCCSSc2ccccc2[N+](=O)[O-])nc(CNCCSSc2ccccc2[N+](=O)[O-])c1. The van der Waals surface area contributed by atoms with E-state index in [0.717, 1.165) is 41.7 Å². The van der Waals surface area contributed by atoms with Gasteiger partial charge < -0.3 is 15.5 Å². The molecule has 0 saturated carbocycles. The van der Waals surface area contributed by atoms with Crippen LogP contribution in [0.3, 0.4) is 0 Å². The van der Waals surface area contributed by atoms with Gasteiger partial charge in [0, 0.05) is 69.6 Å². The molecule has 10 nitrogen and oxygen atoms in total. The molecule has 0 radical (unpaired) electrons. The lowest BCUT2D eigenvalue weighted by atomic mass is 10.2. The largest absolute Gasteiger partial charge is 0.378 e. The van der Waals surface area contributed by atoms with E-state index in [0.29, 0.717) is 22.9 Å². The third-order valence-electron chi connectivity index (χ3n) is 5.19. The van der Waals surface area contributed by atoms with Gasteiger partial charge in [0.1, 0.15) is 0 Å². The van der Waals surface area contributed by atoms with Gasteiger partial charge in [-0.1, -0.05) is 67.4 Å². The maximum atomic E-state index is 11.1. The molecule has 0 saturated heterocycles. The maximum absolute atomic E-state index is 11.1. The van der Waals surface area contributed by atoms with Crippen molar-refractivity contribution in [2.45, 2.75) is 22.9 Å². The van der Waals surface area contributed by atoms with Crippen LogP contribution in [0.2, 0.25) is 0 Å². The van der Waals surface area contributed by atoms with Crippen LogP contribution in [-0.4, -0.2) is 53.5 Å². The third kappa shape index (κ3) is 10.5. The predicted octanol–water partition coefficient (Wildman–Crippen LogP) is 6.02. The molecule has 39 heavy (non-hydrogen) atoms. The lowest BCUT2D eigenvalue weighted by molar-refractivity contribution is -0.387. The first kappa shape index (κ1) is 31.0. The van der Waals surface area contributed by atoms with Crippen molar-refractivity contribution in [2.24, 2.45) is 0 Å². The highest BCUT2D eigenvalue weighted by molar-refractivity contribution is 8.77. The molecule has 0 aliphatic rings. The third-order valence-corrected chi connectivity index (χ3v) is 10.0. The molecule has 0 bridgehead atoms. The van der Waals surface area contributed by atoms with Crippen LogP contribution >= 0.6 is 43.2 Å². The second kappa shape index (κ2) is 16.6. The number of rotatable bonds is 17. The van der Waals surface area contributed by atoms with Gasteiger partial charge >= 0.3 is 0 Å². The molecular formula is C25H30N6O4S4. The standard InChI is InChI=1S/C25H30N6O4S4/c1-29(2)21-15-19(17-26-11-13-36-38-24-9-5-3-7-22(24)30(32)33)28-20(16-21)18-27-12-14-37-39-25-10-6-4-8-23(25)31(34)35/h3-10,15-16,26-27H,11-14,17-18H2,1-2H3. The number of aromatic nitrogens is 1. The van der Waals surface area contributed by atoms with Crippen LogP contribution in [0.25, 0.3) is 0 Å². The molecule has 0 atom stereocenters. The molecule has 0 spiro atoms. The number of nitro groups is 2. The Kier molecular flexibility index (Phi) is 13.2. The molecule has 3 rings (SSSR count). The van der Waals surface area contributed by atoms with Gasteiger partial charge in [0.25, 0.3) is 11.4 Å². The minimum atomic E-state index is -0.354. The quantitative estimate of drug-likeness (QED) is 0.0807. The fourth-order valence-electron chi connectivity index (χ4n) is 3.30. The molecule has 208 valence electrons. The van der Waals surface area contributed by atoms with Crippen molar-refractivity contribution >= 4 is 60.2 Å². The van der Waals surface area contributed by atoms with Crippen LogP contribution in [0.5, 0.6) is 0 Å². The monoisotopic (exact) mass is 606 g/mol. The van der Waals surface area contributed by atoms with Gasteiger partial charge in [0.15, 0.2) is 0 Å². The summed E-state index contributed by atoms with van der Waals surface area (Å²) in [6.45, 7) is 2.73. The van der Waals surface area contributed by atoms with Crippen molar-refractivity contribution in [3.05, 3.63) is 92.3 Å². The normalized spacial score (nSPS) is 10.9. The molecule has 0 aliphatic heterocycles. The summed E-state index contributed by atoms with van der Waals surface area (Å²) in [6.07, 6.45) is 0. The molecule has 1 heterocycles. The highest BCUT2D eigenvalue weighted by atomic mass is 33.1. The van der Waals surface area contributed by atoms with E-state index in [1.807, 2.05) is 19.0 Å². The molecule has 1 aromatic heterocycles. The van der Waals surface area contributed by atoms with Crippen LogP contribution in [-0.2, 0) is 13.1 Å². The van der Waals surface area contributed by atoms with Gasteiger partial charge in [-0.15, -0.1) is 0 Å². The molecule has 0 fully saturated rings. The summed E-state index contributed by atoms with van der Waals surface area (Å²) in [7, 11) is 9.98. The van der Waals surface area contributed by atoms with Gasteiger partial charge in [0.05, 0.1) is 31.0 Å². The zero-order valence-electron chi connectivity index (χ0n) is 21.6. The van der Waals surface area contributed by atoms with E-state index in [2.05, 4.69) is 22.8 Å². The Balaban J connectivity index is 1.40. The van der Waals surface area contributed by atoms with E-state index in [4.69, 9.17) is 4.98 Å².